The fourth-order valence-electron chi connectivity index (χ4n) is 2.04. The van der Waals surface area contributed by atoms with Gasteiger partial charge in [-0.3, -0.25) is 0 Å². The van der Waals surface area contributed by atoms with Crippen LogP contribution in [0, 0.1) is 0 Å². The molecule has 0 N–H and O–H groups in total. The number of rotatable bonds is 6. The predicted molar refractivity (Wildman–Crippen MR) is 68.4 cm³/mol. The van der Waals surface area contributed by atoms with E-state index < -0.39 is 15.8 Å². The third kappa shape index (κ3) is 3.24. The van der Waals surface area contributed by atoms with Crippen molar-refractivity contribution in [3.8, 4) is 0 Å². The molecule has 0 heterocycles. The van der Waals surface area contributed by atoms with Crippen molar-refractivity contribution in [1.29, 1.82) is 0 Å². The molecule has 0 unspecified atom stereocenters. The van der Waals surface area contributed by atoms with E-state index in [0.717, 1.165) is 6.54 Å². The Balaban J connectivity index is 4.65. The van der Waals surface area contributed by atoms with E-state index in [1.165, 1.54) is 18.1 Å². The normalized spacial score (nSPS) is 12.9. The van der Waals surface area contributed by atoms with Gasteiger partial charge in [0.15, 0.2) is 0 Å². The van der Waals surface area contributed by atoms with E-state index in [2.05, 4.69) is 31.9 Å². The second kappa shape index (κ2) is 6.46. The Hall–Kier alpha value is 0.974. The lowest BCUT2D eigenvalue weighted by atomic mass is 10.8. The number of nitrogens with zero attached hydrogens (tertiary/aromatic N) is 1. The van der Waals surface area contributed by atoms with Crippen molar-refractivity contribution in [3.05, 3.63) is 0 Å². The van der Waals surface area contributed by atoms with Crippen LogP contribution in [-0.2, 0) is 0 Å². The highest BCUT2D eigenvalue weighted by Gasteiger charge is 2.36. The molecule has 0 spiro atoms. The van der Waals surface area contributed by atoms with Crippen LogP contribution in [0.2, 0.25) is 18.1 Å². The van der Waals surface area contributed by atoms with E-state index in [1.54, 1.807) is 0 Å². The van der Waals surface area contributed by atoms with Crippen molar-refractivity contribution < 1.29 is 0 Å². The zero-order chi connectivity index (χ0) is 10.5. The summed E-state index contributed by atoms with van der Waals surface area (Å²) in [7, 11) is -2.90. The van der Waals surface area contributed by atoms with Crippen LogP contribution < -0.4 is 0 Å². The molecule has 5 heteroatoms. The van der Waals surface area contributed by atoms with Crippen LogP contribution in [0.4, 0.5) is 0 Å². The van der Waals surface area contributed by atoms with Gasteiger partial charge in [-0.05, 0) is 24.7 Å². The molecule has 1 nitrogen and oxygen atoms in total. The molecule has 0 aromatic carbocycles. The van der Waals surface area contributed by atoms with Crippen LogP contribution in [0.15, 0.2) is 0 Å². The highest BCUT2D eigenvalue weighted by Crippen LogP contribution is 2.27. The summed E-state index contributed by atoms with van der Waals surface area (Å²) in [6.45, 7) is 10.1. The second-order valence-corrected chi connectivity index (χ2v) is 13.3. The van der Waals surface area contributed by atoms with Crippen LogP contribution in [-0.4, -0.2) is 26.6 Å². The van der Waals surface area contributed by atoms with Gasteiger partial charge in [0, 0.05) is 0 Å². The summed E-state index contributed by atoms with van der Waals surface area (Å²) in [6, 6.07) is 3.82. The number of hydrogen-bond acceptors (Lipinski definition) is 1. The highest BCUT2D eigenvalue weighted by atomic mass is 35.7. The van der Waals surface area contributed by atoms with E-state index in [9.17, 15) is 0 Å². The Kier molecular flexibility index (Phi) is 6.94. The summed E-state index contributed by atoms with van der Waals surface area (Å²) in [6.07, 6.45) is 0. The van der Waals surface area contributed by atoms with Gasteiger partial charge in [0.25, 0.3) is 0 Å². The van der Waals surface area contributed by atoms with Gasteiger partial charge in [-0.2, -0.15) is 0 Å². The molecule has 0 aromatic rings. The predicted octanol–water partition coefficient (Wildman–Crippen LogP) is 3.51. The Morgan fingerprint density at radius 1 is 1.00 bits per heavy atom. The zero-order valence-electron chi connectivity index (χ0n) is 9.11. The monoisotopic (exact) mass is 257 g/mol. The van der Waals surface area contributed by atoms with Crippen molar-refractivity contribution in [2.75, 3.05) is 6.54 Å². The molecule has 0 atom stereocenters. The summed E-state index contributed by atoms with van der Waals surface area (Å²) >= 11 is 12.3. The lowest BCUT2D eigenvalue weighted by molar-refractivity contribution is 0.659. The Bertz CT molecular complexity index is 132. The third-order valence-electron chi connectivity index (χ3n) is 3.16. The fourth-order valence-corrected chi connectivity index (χ4v) is 13.6. The Morgan fingerprint density at radius 2 is 1.38 bits per heavy atom. The maximum Gasteiger partial charge on any atom is 0.303 e. The largest absolute Gasteiger partial charge is 0.324 e. The van der Waals surface area contributed by atoms with Crippen molar-refractivity contribution in [2.45, 2.75) is 45.8 Å². The van der Waals surface area contributed by atoms with Gasteiger partial charge in [0.05, 0.1) is 0 Å². The molecule has 0 radical (unpaired) electrons. The minimum Gasteiger partial charge on any atom is -0.324 e. The molecule has 13 heavy (non-hydrogen) atoms. The van der Waals surface area contributed by atoms with E-state index in [4.69, 9.17) is 22.2 Å². The molecular formula is C8H21Cl2NSi2. The van der Waals surface area contributed by atoms with E-state index in [-0.39, 0.29) is 0 Å². The first-order valence-corrected chi connectivity index (χ1v) is 11.7. The van der Waals surface area contributed by atoms with E-state index in [1.807, 2.05) is 0 Å². The van der Waals surface area contributed by atoms with Gasteiger partial charge in [-0.25, -0.2) is 0 Å². The molecule has 0 aromatic heterocycles. The molecule has 0 bridgehead atoms. The van der Waals surface area contributed by atoms with Crippen LogP contribution >= 0.6 is 22.2 Å². The van der Waals surface area contributed by atoms with Gasteiger partial charge in [-0.1, -0.05) is 27.7 Å². The minimum absolute atomic E-state index is 1.03. The molecule has 0 fully saturated rings. The number of hydrogen-bond donors (Lipinski definition) is 0. The summed E-state index contributed by atoms with van der Waals surface area (Å²) in [4.78, 5) is 0. The molecule has 0 aliphatic heterocycles. The van der Waals surface area contributed by atoms with Crippen molar-refractivity contribution in [3.63, 3.8) is 0 Å². The van der Waals surface area contributed by atoms with Gasteiger partial charge >= 0.3 is 7.58 Å². The second-order valence-electron chi connectivity index (χ2n) is 3.35. The van der Waals surface area contributed by atoms with Crippen molar-refractivity contribution >= 4 is 38.0 Å². The maximum absolute atomic E-state index is 6.13. The van der Waals surface area contributed by atoms with Crippen molar-refractivity contribution in [2.24, 2.45) is 0 Å². The smallest absolute Gasteiger partial charge is 0.303 e. The molecule has 0 saturated heterocycles. The van der Waals surface area contributed by atoms with Crippen LogP contribution in [0.1, 0.15) is 27.7 Å². The van der Waals surface area contributed by atoms with Gasteiger partial charge < -0.3 is 4.23 Å². The highest BCUT2D eigenvalue weighted by molar-refractivity contribution is 7.34. The summed E-state index contributed by atoms with van der Waals surface area (Å²) in [5.74, 6) is 0. The average Bonchev–Trinajstić information content (AvgIpc) is 2.13. The topological polar surface area (TPSA) is 3.24 Å². The van der Waals surface area contributed by atoms with E-state index >= 15 is 0 Å². The Morgan fingerprint density at radius 3 is 1.46 bits per heavy atom. The quantitative estimate of drug-likeness (QED) is 0.520. The van der Waals surface area contributed by atoms with Crippen LogP contribution in [0.5, 0.6) is 0 Å². The molecule has 0 aliphatic carbocycles. The molecule has 0 saturated carbocycles. The Labute approximate surface area is 94.6 Å². The minimum atomic E-state index is -1.62. The first-order chi connectivity index (χ1) is 6.07. The standard InChI is InChI=1S/C8H21Cl2NSi2/c1-5-11(12(9)10)13(6-2,7-3)8-4/h12H,5-8H2,1-4H3. The maximum atomic E-state index is 6.13. The lowest BCUT2D eigenvalue weighted by Crippen LogP contribution is -2.55. The van der Waals surface area contributed by atoms with Crippen LogP contribution in [0.3, 0.4) is 0 Å². The van der Waals surface area contributed by atoms with Crippen LogP contribution in [0.25, 0.3) is 0 Å². The fraction of sp³-hybridized carbons (Fsp3) is 1.00. The molecule has 0 amide bonds. The summed E-state index contributed by atoms with van der Waals surface area (Å²) in [5, 5.41) is 0. The van der Waals surface area contributed by atoms with Crippen molar-refractivity contribution in [1.82, 2.24) is 4.23 Å². The molecule has 80 valence electrons. The van der Waals surface area contributed by atoms with Gasteiger partial charge in [-0.15, -0.1) is 22.2 Å². The first kappa shape index (κ1) is 14.0. The SMILES string of the molecule is CCN([SiH](Cl)Cl)[Si](CC)(CC)CC. The average molecular weight is 258 g/mol. The summed E-state index contributed by atoms with van der Waals surface area (Å²) < 4.78 is 2.45. The number of halogens is 2. The summed E-state index contributed by atoms with van der Waals surface area (Å²) in [5.41, 5.74) is 0. The van der Waals surface area contributed by atoms with Gasteiger partial charge in [0.2, 0.25) is 0 Å². The third-order valence-corrected chi connectivity index (χ3v) is 14.3. The van der Waals surface area contributed by atoms with E-state index in [0.29, 0.717) is 0 Å². The zero-order valence-corrected chi connectivity index (χ0v) is 12.8. The lowest BCUT2D eigenvalue weighted by Gasteiger charge is -2.40. The van der Waals surface area contributed by atoms with Gasteiger partial charge in [0.1, 0.15) is 8.24 Å². The first-order valence-electron chi connectivity index (χ1n) is 5.12. The molecule has 0 aliphatic rings. The molecule has 0 rings (SSSR count). The molecular weight excluding hydrogens is 237 g/mol.